The summed E-state index contributed by atoms with van der Waals surface area (Å²) in [5, 5.41) is 9.68. The molecule has 0 aromatic heterocycles. The number of fused-ring (bicyclic) bond motifs is 1. The monoisotopic (exact) mass is 385 g/mol. The van der Waals surface area contributed by atoms with E-state index in [9.17, 15) is 23.1 Å². The van der Waals surface area contributed by atoms with Crippen LogP contribution in [0.4, 0.5) is 0 Å². The Morgan fingerprint density at radius 2 is 1.92 bits per heavy atom. The van der Waals surface area contributed by atoms with Gasteiger partial charge in [0, 0.05) is 12.3 Å². The predicted molar refractivity (Wildman–Crippen MR) is 92.5 cm³/mol. The second kappa shape index (κ2) is 6.61. The number of rotatable bonds is 3. The molecule has 3 atom stereocenters. The summed E-state index contributed by atoms with van der Waals surface area (Å²) in [6.45, 7) is 0. The van der Waals surface area contributed by atoms with Gasteiger partial charge in [-0.1, -0.05) is 24.4 Å². The fraction of sp³-hybridized carbons (Fsp3) is 0.529. The quantitative estimate of drug-likeness (QED) is 0.863. The normalized spacial score (nSPS) is 26.3. The van der Waals surface area contributed by atoms with E-state index in [0.717, 1.165) is 31.9 Å². The van der Waals surface area contributed by atoms with E-state index < -0.39 is 27.8 Å². The second-order valence-electron chi connectivity index (χ2n) is 6.83. The van der Waals surface area contributed by atoms with Crippen molar-refractivity contribution < 1.29 is 23.1 Å². The first-order valence-electron chi connectivity index (χ1n) is 8.25. The van der Waals surface area contributed by atoms with Gasteiger partial charge in [0.25, 0.3) is 5.91 Å². The average Bonchev–Trinajstić information content (AvgIpc) is 2.93. The minimum atomic E-state index is -3.50. The molecule has 1 aromatic rings. The van der Waals surface area contributed by atoms with Crippen LogP contribution in [0.3, 0.4) is 0 Å². The molecule has 0 spiro atoms. The van der Waals surface area contributed by atoms with Crippen LogP contribution in [0.1, 0.15) is 42.5 Å². The molecule has 6 nitrogen and oxygen atoms in total. The van der Waals surface area contributed by atoms with Crippen LogP contribution in [0.15, 0.2) is 23.1 Å². The highest BCUT2D eigenvalue weighted by molar-refractivity contribution is 7.90. The number of hydrogen-bond acceptors (Lipinski definition) is 4. The number of carboxylic acids is 1. The molecule has 136 valence electrons. The lowest BCUT2D eigenvalue weighted by atomic mass is 9.84. The van der Waals surface area contributed by atoms with Crippen molar-refractivity contribution in [2.45, 2.75) is 49.1 Å². The minimum absolute atomic E-state index is 0.00786. The summed E-state index contributed by atoms with van der Waals surface area (Å²) in [6.07, 6.45) is 5.17. The van der Waals surface area contributed by atoms with Gasteiger partial charge < -0.3 is 10.0 Å². The molecule has 1 amide bonds. The Kier molecular flexibility index (Phi) is 4.81. The number of halogens is 1. The number of carbonyl (C=O) groups excluding carboxylic acids is 1. The van der Waals surface area contributed by atoms with Gasteiger partial charge in [-0.3, -0.25) is 4.79 Å². The van der Waals surface area contributed by atoms with Crippen LogP contribution in [0.2, 0.25) is 5.02 Å². The van der Waals surface area contributed by atoms with Crippen molar-refractivity contribution in [3.63, 3.8) is 0 Å². The van der Waals surface area contributed by atoms with Gasteiger partial charge in [0.05, 0.1) is 15.5 Å². The zero-order valence-corrected chi connectivity index (χ0v) is 15.4. The summed E-state index contributed by atoms with van der Waals surface area (Å²) in [6, 6.07) is 2.94. The first-order chi connectivity index (χ1) is 11.7. The van der Waals surface area contributed by atoms with E-state index in [2.05, 4.69) is 0 Å². The lowest BCUT2D eigenvalue weighted by molar-refractivity contribution is -0.141. The topological polar surface area (TPSA) is 91.8 Å². The number of carbonyl (C=O) groups is 2. The first kappa shape index (κ1) is 18.2. The van der Waals surface area contributed by atoms with Gasteiger partial charge in [-0.05, 0) is 43.4 Å². The molecule has 1 aliphatic heterocycles. The first-order valence-corrected chi connectivity index (χ1v) is 10.5. The van der Waals surface area contributed by atoms with E-state index in [0.29, 0.717) is 6.42 Å². The average molecular weight is 386 g/mol. The Morgan fingerprint density at radius 1 is 1.24 bits per heavy atom. The number of aliphatic carboxylic acids is 1. The van der Waals surface area contributed by atoms with Gasteiger partial charge in [-0.25, -0.2) is 13.2 Å². The lowest BCUT2D eigenvalue weighted by Gasteiger charge is -2.33. The Hall–Kier alpha value is -1.60. The fourth-order valence-electron chi connectivity index (χ4n) is 4.01. The van der Waals surface area contributed by atoms with Gasteiger partial charge in [-0.2, -0.15) is 0 Å². The van der Waals surface area contributed by atoms with Crippen LogP contribution < -0.4 is 0 Å². The minimum Gasteiger partial charge on any atom is -0.480 e. The molecular weight excluding hydrogens is 366 g/mol. The van der Waals surface area contributed by atoms with E-state index >= 15 is 0 Å². The van der Waals surface area contributed by atoms with Gasteiger partial charge in [0.2, 0.25) is 0 Å². The van der Waals surface area contributed by atoms with E-state index in [1.807, 2.05) is 0 Å². The molecule has 1 aromatic carbocycles. The Labute approximate surface area is 151 Å². The molecule has 2 fully saturated rings. The highest BCUT2D eigenvalue weighted by Gasteiger charge is 2.48. The fourth-order valence-corrected chi connectivity index (χ4v) is 4.86. The number of carboxylic acid groups (broad SMARTS) is 1. The third-order valence-corrected chi connectivity index (χ3v) is 6.64. The highest BCUT2D eigenvalue weighted by Crippen LogP contribution is 2.41. The van der Waals surface area contributed by atoms with E-state index in [4.69, 9.17) is 11.6 Å². The van der Waals surface area contributed by atoms with Gasteiger partial charge in [0.1, 0.15) is 6.04 Å². The maximum atomic E-state index is 13.1. The van der Waals surface area contributed by atoms with Crippen molar-refractivity contribution in [2.24, 2.45) is 5.92 Å². The number of likely N-dealkylation sites (tertiary alicyclic amines) is 1. The molecule has 1 heterocycles. The van der Waals surface area contributed by atoms with Crippen molar-refractivity contribution in [1.29, 1.82) is 0 Å². The number of amides is 1. The van der Waals surface area contributed by atoms with E-state index in [-0.39, 0.29) is 27.4 Å². The summed E-state index contributed by atoms with van der Waals surface area (Å²) < 4.78 is 23.6. The lowest BCUT2D eigenvalue weighted by Crippen LogP contribution is -2.46. The second-order valence-corrected chi connectivity index (χ2v) is 9.25. The molecule has 2 aliphatic rings. The third kappa shape index (κ3) is 3.40. The van der Waals surface area contributed by atoms with Crippen LogP contribution >= 0.6 is 11.6 Å². The molecule has 1 saturated heterocycles. The standard InChI is InChI=1S/C17H20ClNO5S/c1-25(23,24)11-6-7-13(18)12(9-11)16(20)19-14-5-3-2-4-10(14)8-15(19)17(21)22/h6-7,9-10,14-15H,2-5,8H2,1H3,(H,21,22)/t10-,14-,15+/m1/s1. The SMILES string of the molecule is CS(=O)(=O)c1ccc(Cl)c(C(=O)N2[C@@H]3CCCC[C@@H]3C[C@H]2C(=O)O)c1. The van der Waals surface area contributed by atoms with Crippen LogP contribution in [0.25, 0.3) is 0 Å². The zero-order valence-electron chi connectivity index (χ0n) is 13.8. The van der Waals surface area contributed by atoms with Crippen molar-refractivity contribution in [3.05, 3.63) is 28.8 Å². The van der Waals surface area contributed by atoms with Gasteiger partial charge in [-0.15, -0.1) is 0 Å². The molecule has 1 saturated carbocycles. The van der Waals surface area contributed by atoms with Gasteiger partial charge >= 0.3 is 5.97 Å². The third-order valence-electron chi connectivity index (χ3n) is 5.20. The molecule has 0 unspecified atom stereocenters. The summed E-state index contributed by atoms with van der Waals surface area (Å²) in [4.78, 5) is 26.2. The zero-order chi connectivity index (χ0) is 18.4. The maximum absolute atomic E-state index is 13.1. The van der Waals surface area contributed by atoms with Crippen molar-refractivity contribution in [2.75, 3.05) is 6.26 Å². The van der Waals surface area contributed by atoms with Crippen LogP contribution in [0.5, 0.6) is 0 Å². The highest BCUT2D eigenvalue weighted by atomic mass is 35.5. The van der Waals surface area contributed by atoms with Crippen molar-refractivity contribution in [1.82, 2.24) is 4.90 Å². The molecule has 3 rings (SSSR count). The van der Waals surface area contributed by atoms with Crippen LogP contribution in [0, 0.1) is 5.92 Å². The van der Waals surface area contributed by atoms with Crippen molar-refractivity contribution >= 4 is 33.3 Å². The van der Waals surface area contributed by atoms with Crippen LogP contribution in [-0.4, -0.2) is 48.6 Å². The Bertz CT molecular complexity index is 822. The number of nitrogens with zero attached hydrogens (tertiary/aromatic N) is 1. The summed E-state index contributed by atoms with van der Waals surface area (Å²) >= 11 is 6.13. The van der Waals surface area contributed by atoms with Gasteiger partial charge in [0.15, 0.2) is 9.84 Å². The molecule has 1 N–H and O–H groups in total. The molecule has 1 aliphatic carbocycles. The molecule has 25 heavy (non-hydrogen) atoms. The molecule has 0 bridgehead atoms. The van der Waals surface area contributed by atoms with Crippen molar-refractivity contribution in [3.8, 4) is 0 Å². The Balaban J connectivity index is 2.02. The van der Waals surface area contributed by atoms with Crippen LogP contribution in [-0.2, 0) is 14.6 Å². The summed E-state index contributed by atoms with van der Waals surface area (Å²) in [7, 11) is -3.50. The Morgan fingerprint density at radius 3 is 2.56 bits per heavy atom. The maximum Gasteiger partial charge on any atom is 0.326 e. The molecule has 0 radical (unpaired) electrons. The van der Waals surface area contributed by atoms with E-state index in [1.165, 1.54) is 23.1 Å². The molecular formula is C17H20ClNO5S. The van der Waals surface area contributed by atoms with E-state index in [1.54, 1.807) is 0 Å². The predicted octanol–water partition coefficient (Wildman–Crippen LogP) is 2.60. The number of sulfone groups is 1. The largest absolute Gasteiger partial charge is 0.480 e. The smallest absolute Gasteiger partial charge is 0.326 e. The number of benzene rings is 1. The number of hydrogen-bond donors (Lipinski definition) is 1. The molecule has 8 heteroatoms. The summed E-state index contributed by atoms with van der Waals surface area (Å²) in [5.74, 6) is -1.36. The summed E-state index contributed by atoms with van der Waals surface area (Å²) in [5.41, 5.74) is 0.0436.